The fourth-order valence-electron chi connectivity index (χ4n) is 2.77. The van der Waals surface area contributed by atoms with Gasteiger partial charge in [0.2, 0.25) is 5.75 Å². The summed E-state index contributed by atoms with van der Waals surface area (Å²) in [6.07, 6.45) is 3.29. The Kier molecular flexibility index (Phi) is 4.94. The Balaban J connectivity index is 2.36. The summed E-state index contributed by atoms with van der Waals surface area (Å²) in [7, 11) is 4.65. The standard InChI is InChI=1S/C16H23NO4/c1-11-7-5-6-8-17(11)16(18)12-9-13(19-2)15(21-4)14(10-12)20-3/h9-11H,5-8H2,1-4H3/t11-/m0/s1. The fraction of sp³-hybridized carbons (Fsp3) is 0.562. The van der Waals surface area contributed by atoms with E-state index >= 15 is 0 Å². The van der Waals surface area contributed by atoms with Crippen molar-refractivity contribution in [3.8, 4) is 17.2 Å². The first-order valence-corrected chi connectivity index (χ1v) is 7.23. The van der Waals surface area contributed by atoms with Gasteiger partial charge in [0.15, 0.2) is 11.5 Å². The van der Waals surface area contributed by atoms with Gasteiger partial charge < -0.3 is 19.1 Å². The van der Waals surface area contributed by atoms with Gasteiger partial charge in [0.1, 0.15) is 0 Å². The molecule has 5 nitrogen and oxygen atoms in total. The highest BCUT2D eigenvalue weighted by molar-refractivity contribution is 5.96. The summed E-state index contributed by atoms with van der Waals surface area (Å²) < 4.78 is 15.9. The maximum Gasteiger partial charge on any atom is 0.254 e. The third kappa shape index (κ3) is 3.06. The fourth-order valence-corrected chi connectivity index (χ4v) is 2.77. The van der Waals surface area contributed by atoms with Gasteiger partial charge in [-0.25, -0.2) is 0 Å². The van der Waals surface area contributed by atoms with Gasteiger partial charge in [0.25, 0.3) is 5.91 Å². The molecule has 1 amide bonds. The van der Waals surface area contributed by atoms with Gasteiger partial charge >= 0.3 is 0 Å². The van der Waals surface area contributed by atoms with Crippen molar-refractivity contribution in [1.82, 2.24) is 4.90 Å². The number of methoxy groups -OCH3 is 3. The molecule has 1 saturated heterocycles. The van der Waals surface area contributed by atoms with Gasteiger partial charge in [-0.05, 0) is 38.3 Å². The molecular formula is C16H23NO4. The van der Waals surface area contributed by atoms with Crippen molar-refractivity contribution in [3.05, 3.63) is 17.7 Å². The van der Waals surface area contributed by atoms with Crippen LogP contribution in [0.25, 0.3) is 0 Å². The number of hydrogen-bond acceptors (Lipinski definition) is 4. The van der Waals surface area contributed by atoms with Crippen molar-refractivity contribution >= 4 is 5.91 Å². The number of piperidine rings is 1. The molecule has 1 aromatic carbocycles. The van der Waals surface area contributed by atoms with Crippen LogP contribution in [0.5, 0.6) is 17.2 Å². The Morgan fingerprint density at radius 1 is 1.10 bits per heavy atom. The third-order valence-electron chi connectivity index (χ3n) is 3.98. The molecule has 0 unspecified atom stereocenters. The molecule has 1 aromatic rings. The molecule has 1 atom stereocenters. The molecule has 1 aliphatic heterocycles. The molecule has 0 saturated carbocycles. The summed E-state index contributed by atoms with van der Waals surface area (Å²) in [5.41, 5.74) is 0.568. The van der Waals surface area contributed by atoms with E-state index in [0.717, 1.165) is 19.4 Å². The number of likely N-dealkylation sites (tertiary alicyclic amines) is 1. The maximum atomic E-state index is 12.7. The first kappa shape index (κ1) is 15.5. The summed E-state index contributed by atoms with van der Waals surface area (Å²) in [6.45, 7) is 2.89. The molecule has 0 aliphatic carbocycles. The van der Waals surface area contributed by atoms with Gasteiger partial charge in [-0.3, -0.25) is 4.79 Å². The van der Waals surface area contributed by atoms with Gasteiger partial charge in [0, 0.05) is 18.2 Å². The Morgan fingerprint density at radius 2 is 1.71 bits per heavy atom. The van der Waals surface area contributed by atoms with E-state index in [2.05, 4.69) is 6.92 Å². The van der Waals surface area contributed by atoms with Crippen molar-refractivity contribution in [2.45, 2.75) is 32.2 Å². The predicted molar refractivity (Wildman–Crippen MR) is 80.4 cm³/mol. The molecule has 2 rings (SSSR count). The zero-order valence-electron chi connectivity index (χ0n) is 13.1. The second-order valence-corrected chi connectivity index (χ2v) is 5.26. The molecule has 0 radical (unpaired) electrons. The van der Waals surface area contributed by atoms with E-state index in [1.807, 2.05) is 4.90 Å². The van der Waals surface area contributed by atoms with Gasteiger partial charge in [-0.2, -0.15) is 0 Å². The Labute approximate surface area is 125 Å². The van der Waals surface area contributed by atoms with Crippen LogP contribution >= 0.6 is 0 Å². The molecule has 0 spiro atoms. The second kappa shape index (κ2) is 6.70. The van der Waals surface area contributed by atoms with E-state index < -0.39 is 0 Å². The molecule has 116 valence electrons. The predicted octanol–water partition coefficient (Wildman–Crippen LogP) is 2.73. The van der Waals surface area contributed by atoms with E-state index in [4.69, 9.17) is 14.2 Å². The quantitative estimate of drug-likeness (QED) is 0.856. The van der Waals surface area contributed by atoms with Crippen LogP contribution < -0.4 is 14.2 Å². The summed E-state index contributed by atoms with van der Waals surface area (Å²) in [5.74, 6) is 1.53. The van der Waals surface area contributed by atoms with E-state index in [9.17, 15) is 4.79 Å². The molecule has 1 aliphatic rings. The normalized spacial score (nSPS) is 18.3. The number of nitrogens with zero attached hydrogens (tertiary/aromatic N) is 1. The molecule has 5 heteroatoms. The monoisotopic (exact) mass is 293 g/mol. The zero-order chi connectivity index (χ0) is 15.4. The molecule has 0 N–H and O–H groups in total. The Morgan fingerprint density at radius 3 is 2.19 bits per heavy atom. The smallest absolute Gasteiger partial charge is 0.254 e. The average molecular weight is 293 g/mol. The molecule has 1 fully saturated rings. The van der Waals surface area contributed by atoms with Crippen molar-refractivity contribution in [1.29, 1.82) is 0 Å². The molecule has 0 bridgehead atoms. The van der Waals surface area contributed by atoms with Gasteiger partial charge in [0.05, 0.1) is 21.3 Å². The number of benzene rings is 1. The number of hydrogen-bond donors (Lipinski definition) is 0. The minimum absolute atomic E-state index is 0.0152. The first-order chi connectivity index (χ1) is 10.1. The van der Waals surface area contributed by atoms with Crippen LogP contribution in [0.2, 0.25) is 0 Å². The summed E-state index contributed by atoms with van der Waals surface area (Å²) >= 11 is 0. The van der Waals surface area contributed by atoms with Crippen LogP contribution in [0.15, 0.2) is 12.1 Å². The van der Waals surface area contributed by atoms with Crippen molar-refractivity contribution < 1.29 is 19.0 Å². The minimum Gasteiger partial charge on any atom is -0.493 e. The third-order valence-corrected chi connectivity index (χ3v) is 3.98. The lowest BCUT2D eigenvalue weighted by molar-refractivity contribution is 0.0635. The first-order valence-electron chi connectivity index (χ1n) is 7.23. The largest absolute Gasteiger partial charge is 0.493 e. The van der Waals surface area contributed by atoms with E-state index in [1.165, 1.54) is 6.42 Å². The highest BCUT2D eigenvalue weighted by Gasteiger charge is 2.26. The van der Waals surface area contributed by atoms with Crippen LogP contribution in [-0.4, -0.2) is 44.7 Å². The lowest BCUT2D eigenvalue weighted by Crippen LogP contribution is -2.42. The van der Waals surface area contributed by atoms with Crippen LogP contribution in [0.3, 0.4) is 0 Å². The van der Waals surface area contributed by atoms with E-state index in [1.54, 1.807) is 33.5 Å². The molecule has 0 aromatic heterocycles. The number of carbonyl (C=O) groups excluding carboxylic acids is 1. The Bertz CT molecular complexity index is 490. The van der Waals surface area contributed by atoms with Crippen LogP contribution in [0.1, 0.15) is 36.5 Å². The van der Waals surface area contributed by atoms with Crippen LogP contribution in [-0.2, 0) is 0 Å². The van der Waals surface area contributed by atoms with Gasteiger partial charge in [-0.1, -0.05) is 0 Å². The van der Waals surface area contributed by atoms with E-state index in [-0.39, 0.29) is 11.9 Å². The SMILES string of the molecule is COc1cc(C(=O)N2CCCC[C@@H]2C)cc(OC)c1OC. The Hall–Kier alpha value is -1.91. The van der Waals surface area contributed by atoms with Crippen LogP contribution in [0.4, 0.5) is 0 Å². The van der Waals surface area contributed by atoms with Crippen molar-refractivity contribution in [2.75, 3.05) is 27.9 Å². The minimum atomic E-state index is 0.0152. The lowest BCUT2D eigenvalue weighted by Gasteiger charge is -2.33. The summed E-state index contributed by atoms with van der Waals surface area (Å²) in [6, 6.07) is 3.70. The number of amides is 1. The number of ether oxygens (including phenoxy) is 3. The molecule has 21 heavy (non-hydrogen) atoms. The highest BCUT2D eigenvalue weighted by atomic mass is 16.5. The topological polar surface area (TPSA) is 48.0 Å². The summed E-state index contributed by atoms with van der Waals surface area (Å²) in [4.78, 5) is 14.6. The lowest BCUT2D eigenvalue weighted by atomic mass is 10.0. The van der Waals surface area contributed by atoms with E-state index in [0.29, 0.717) is 22.8 Å². The maximum absolute atomic E-state index is 12.7. The molecule has 1 heterocycles. The molecular weight excluding hydrogens is 270 g/mol. The number of carbonyl (C=O) groups is 1. The number of rotatable bonds is 4. The average Bonchev–Trinajstić information content (AvgIpc) is 2.53. The highest BCUT2D eigenvalue weighted by Crippen LogP contribution is 2.38. The van der Waals surface area contributed by atoms with Crippen molar-refractivity contribution in [3.63, 3.8) is 0 Å². The zero-order valence-corrected chi connectivity index (χ0v) is 13.1. The van der Waals surface area contributed by atoms with Crippen LogP contribution in [0, 0.1) is 0 Å². The summed E-state index contributed by atoms with van der Waals surface area (Å²) in [5, 5.41) is 0. The second-order valence-electron chi connectivity index (χ2n) is 5.26. The van der Waals surface area contributed by atoms with Gasteiger partial charge in [-0.15, -0.1) is 0 Å². The van der Waals surface area contributed by atoms with Crippen molar-refractivity contribution in [2.24, 2.45) is 0 Å².